The second-order valence-corrected chi connectivity index (χ2v) is 12.1. The number of hydrogen-bond acceptors (Lipinski definition) is 7. The quantitative estimate of drug-likeness (QED) is 0.571. The number of ketones is 2. The van der Waals surface area contributed by atoms with Gasteiger partial charge in [0, 0.05) is 12.3 Å². The van der Waals surface area contributed by atoms with Gasteiger partial charge in [-0.2, -0.15) is 0 Å². The number of aliphatic hydroxyl groups is 3. The summed E-state index contributed by atoms with van der Waals surface area (Å²) in [7, 11) is 0. The van der Waals surface area contributed by atoms with Gasteiger partial charge in [-0.25, -0.2) is 0 Å². The van der Waals surface area contributed by atoms with Crippen LogP contribution in [0.5, 0.6) is 0 Å². The lowest BCUT2D eigenvalue weighted by Crippen LogP contribution is -2.57. The summed E-state index contributed by atoms with van der Waals surface area (Å²) in [6, 6.07) is 0. The molecule has 6 unspecified atom stereocenters. The zero-order chi connectivity index (χ0) is 24.4. The first-order valence-corrected chi connectivity index (χ1v) is 13.1. The van der Waals surface area contributed by atoms with E-state index in [1.54, 1.807) is 6.92 Å². The molecule has 7 nitrogen and oxygen atoms in total. The molecule has 34 heavy (non-hydrogen) atoms. The molecule has 3 N–H and O–H groups in total. The number of fused-ring (bicyclic) bond motifs is 5. The van der Waals surface area contributed by atoms with Gasteiger partial charge in [0.25, 0.3) is 0 Å². The summed E-state index contributed by atoms with van der Waals surface area (Å²) in [5.41, 5.74) is 1.43. The molecule has 0 aromatic rings. The van der Waals surface area contributed by atoms with Gasteiger partial charge in [0.05, 0.1) is 6.10 Å². The molecule has 0 spiro atoms. The maximum Gasteiger partial charge on any atom is 0.187 e. The first kappa shape index (κ1) is 24.6. The van der Waals surface area contributed by atoms with Crippen LogP contribution in [0, 0.1) is 34.5 Å². The molecule has 0 radical (unpaired) electrons. The van der Waals surface area contributed by atoms with Gasteiger partial charge in [0.2, 0.25) is 0 Å². The minimum atomic E-state index is -1.39. The van der Waals surface area contributed by atoms with Crippen molar-refractivity contribution in [2.75, 3.05) is 6.61 Å². The van der Waals surface area contributed by atoms with Crippen molar-refractivity contribution in [1.29, 1.82) is 0 Å². The van der Waals surface area contributed by atoms with Gasteiger partial charge in [-0.05, 0) is 86.5 Å². The molecular formula is C27H40O7. The lowest BCUT2D eigenvalue weighted by Gasteiger charge is -2.58. The molecule has 11 atom stereocenters. The molecule has 0 amide bonds. The number of ether oxygens (including phenoxy) is 2. The van der Waals surface area contributed by atoms with Crippen molar-refractivity contribution in [3.05, 3.63) is 11.6 Å². The minimum Gasteiger partial charge on any atom is -0.388 e. The zero-order valence-corrected chi connectivity index (χ0v) is 20.6. The Morgan fingerprint density at radius 3 is 2.56 bits per heavy atom. The molecule has 5 aliphatic rings. The highest BCUT2D eigenvalue weighted by atomic mass is 16.7. The Kier molecular flexibility index (Phi) is 6.34. The van der Waals surface area contributed by atoms with Crippen molar-refractivity contribution in [3.8, 4) is 0 Å². The molecule has 4 fully saturated rings. The van der Waals surface area contributed by atoms with Crippen molar-refractivity contribution < 1.29 is 34.4 Å². The van der Waals surface area contributed by atoms with Crippen LogP contribution in [0.2, 0.25) is 0 Å². The van der Waals surface area contributed by atoms with E-state index < -0.39 is 30.7 Å². The Balaban J connectivity index is 1.26. The fourth-order valence-corrected chi connectivity index (χ4v) is 8.50. The highest BCUT2D eigenvalue weighted by molar-refractivity contribution is 5.91. The van der Waals surface area contributed by atoms with Gasteiger partial charge in [0.15, 0.2) is 17.9 Å². The summed E-state index contributed by atoms with van der Waals surface area (Å²) < 4.78 is 11.2. The van der Waals surface area contributed by atoms with E-state index >= 15 is 0 Å². The second-order valence-electron chi connectivity index (χ2n) is 12.1. The topological polar surface area (TPSA) is 113 Å². The van der Waals surface area contributed by atoms with Crippen LogP contribution in [0.15, 0.2) is 11.6 Å². The standard InChI is InChI=1S/C27H40O7/c1-14-22(30)23(31)24(32)25(34-14)33-13-21(29)20-7-6-18-17-5-4-15-12-16(28)8-10-26(15,2)19(17)9-11-27(18,20)3/h12,14,17-20,22-25,30-32H,4-11,13H2,1-3H3/t14?,17-,18-,19-,20?,22?,23?,24?,25?,26-,27-/m0/s1. The van der Waals surface area contributed by atoms with E-state index in [2.05, 4.69) is 13.8 Å². The molecule has 0 bridgehead atoms. The van der Waals surface area contributed by atoms with Gasteiger partial charge in [-0.15, -0.1) is 0 Å². The molecule has 3 saturated carbocycles. The highest BCUT2D eigenvalue weighted by Crippen LogP contribution is 2.66. The number of carbonyl (C=O) groups excluding carboxylic acids is 2. The molecule has 4 aliphatic carbocycles. The molecule has 1 heterocycles. The van der Waals surface area contributed by atoms with Crippen molar-refractivity contribution in [1.82, 2.24) is 0 Å². The molecule has 0 aromatic heterocycles. The summed E-state index contributed by atoms with van der Waals surface area (Å²) in [4.78, 5) is 25.4. The van der Waals surface area contributed by atoms with Crippen LogP contribution in [0.4, 0.5) is 0 Å². The van der Waals surface area contributed by atoms with Crippen LogP contribution in [0.1, 0.15) is 72.1 Å². The lowest BCUT2D eigenvalue weighted by atomic mass is 9.46. The number of aliphatic hydroxyl groups excluding tert-OH is 3. The molecule has 190 valence electrons. The molecule has 5 rings (SSSR count). The van der Waals surface area contributed by atoms with E-state index in [0.29, 0.717) is 24.2 Å². The van der Waals surface area contributed by atoms with Crippen LogP contribution in [-0.2, 0) is 19.1 Å². The van der Waals surface area contributed by atoms with Crippen LogP contribution in [0.25, 0.3) is 0 Å². The van der Waals surface area contributed by atoms with E-state index in [1.807, 2.05) is 6.08 Å². The Hall–Kier alpha value is -1.12. The predicted molar refractivity (Wildman–Crippen MR) is 124 cm³/mol. The average molecular weight is 477 g/mol. The van der Waals surface area contributed by atoms with Crippen molar-refractivity contribution in [2.45, 2.75) is 103 Å². The second kappa shape index (κ2) is 8.77. The third-order valence-corrected chi connectivity index (χ3v) is 10.5. The van der Waals surface area contributed by atoms with E-state index in [9.17, 15) is 24.9 Å². The van der Waals surface area contributed by atoms with Gasteiger partial charge in [-0.3, -0.25) is 9.59 Å². The van der Waals surface area contributed by atoms with Gasteiger partial charge >= 0.3 is 0 Å². The summed E-state index contributed by atoms with van der Waals surface area (Å²) >= 11 is 0. The Morgan fingerprint density at radius 2 is 1.79 bits per heavy atom. The summed E-state index contributed by atoms with van der Waals surface area (Å²) in [5.74, 6) is 1.92. The van der Waals surface area contributed by atoms with E-state index in [-0.39, 0.29) is 34.9 Å². The van der Waals surface area contributed by atoms with Crippen LogP contribution in [-0.4, -0.2) is 64.2 Å². The first-order valence-electron chi connectivity index (χ1n) is 13.1. The van der Waals surface area contributed by atoms with E-state index in [1.165, 1.54) is 5.57 Å². The smallest absolute Gasteiger partial charge is 0.187 e. The number of allylic oxidation sites excluding steroid dienone is 1. The molecular weight excluding hydrogens is 436 g/mol. The zero-order valence-electron chi connectivity index (χ0n) is 20.6. The van der Waals surface area contributed by atoms with Gasteiger partial charge in [0.1, 0.15) is 24.9 Å². The summed E-state index contributed by atoms with van der Waals surface area (Å²) in [5, 5.41) is 30.1. The highest BCUT2D eigenvalue weighted by Gasteiger charge is 2.60. The Morgan fingerprint density at radius 1 is 1.03 bits per heavy atom. The normalized spacial score (nSPS) is 50.7. The van der Waals surface area contributed by atoms with Crippen molar-refractivity contribution in [2.24, 2.45) is 34.5 Å². The van der Waals surface area contributed by atoms with E-state index in [0.717, 1.165) is 44.9 Å². The maximum atomic E-state index is 13.3. The average Bonchev–Trinajstić information content (AvgIpc) is 3.16. The predicted octanol–water partition coefficient (Wildman–Crippen LogP) is 2.55. The van der Waals surface area contributed by atoms with Crippen LogP contribution < -0.4 is 0 Å². The fraction of sp³-hybridized carbons (Fsp3) is 0.852. The molecule has 1 saturated heterocycles. The number of rotatable bonds is 4. The third-order valence-electron chi connectivity index (χ3n) is 10.5. The Bertz CT molecular complexity index is 869. The fourth-order valence-electron chi connectivity index (χ4n) is 8.50. The maximum absolute atomic E-state index is 13.3. The SMILES string of the molecule is CC1OC(OCC(=O)C2CC[C@H]3[C@@H]4CCC5=CC(=O)CC[C@]5(C)[C@H]4CC[C@]23C)C(O)C(O)C1O. The van der Waals surface area contributed by atoms with Crippen molar-refractivity contribution >= 4 is 11.6 Å². The largest absolute Gasteiger partial charge is 0.388 e. The Labute approximate surface area is 201 Å². The number of Topliss-reactive ketones (excluding diaryl/α,β-unsaturated/α-hetero) is 1. The van der Waals surface area contributed by atoms with Crippen LogP contribution in [0.3, 0.4) is 0 Å². The number of carbonyl (C=O) groups is 2. The first-order chi connectivity index (χ1) is 16.1. The van der Waals surface area contributed by atoms with Crippen molar-refractivity contribution in [3.63, 3.8) is 0 Å². The summed E-state index contributed by atoms with van der Waals surface area (Å²) in [6.45, 7) is 6.10. The minimum absolute atomic E-state index is 0.0402. The lowest BCUT2D eigenvalue weighted by molar-refractivity contribution is -0.291. The third kappa shape index (κ3) is 3.74. The molecule has 0 aromatic carbocycles. The molecule has 7 heteroatoms. The number of hydrogen-bond donors (Lipinski definition) is 3. The van der Waals surface area contributed by atoms with Gasteiger partial charge in [-0.1, -0.05) is 19.4 Å². The molecule has 1 aliphatic heterocycles. The van der Waals surface area contributed by atoms with E-state index in [4.69, 9.17) is 9.47 Å². The van der Waals surface area contributed by atoms with Crippen LogP contribution >= 0.6 is 0 Å². The summed E-state index contributed by atoms with van der Waals surface area (Å²) in [6.07, 6.45) is 3.90. The monoisotopic (exact) mass is 476 g/mol. The van der Waals surface area contributed by atoms with Gasteiger partial charge < -0.3 is 24.8 Å².